The zero-order valence-corrected chi connectivity index (χ0v) is 21.5. The highest BCUT2D eigenvalue weighted by Crippen LogP contribution is 2.27. The molecule has 2 N–H and O–H groups in total. The van der Waals surface area contributed by atoms with E-state index in [0.29, 0.717) is 0 Å². The number of thioether (sulfide) groups is 1. The largest absolute Gasteiger partial charge is 0.473 e. The monoisotopic (exact) mass is 532 g/mol. The number of fused-ring (bicyclic) bond motifs is 1. The number of hydrogen-bond acceptors (Lipinski definition) is 6. The van der Waals surface area contributed by atoms with Crippen LogP contribution in [0.3, 0.4) is 0 Å². The Morgan fingerprint density at radius 2 is 1.50 bits per heavy atom. The SMILES string of the molecule is O=C(O)C(=O)O.O=C(c1ccc(CSc2nc3cccnc3n2Cc2ccccc2)cc1)N1CCCCC1. The highest BCUT2D eigenvalue weighted by molar-refractivity contribution is 7.98. The van der Waals surface area contributed by atoms with Crippen molar-refractivity contribution >= 4 is 40.8 Å². The quantitative estimate of drug-likeness (QED) is 0.274. The number of aromatic nitrogens is 3. The standard InChI is InChI=1S/C26H26N4OS.C2H2O4/c31-25(29-16-5-2-6-17-29)22-13-11-21(12-14-22)19-32-26-28-23-10-7-15-27-24(23)30(26)18-20-8-3-1-4-9-20;3-1(4)2(5)6/h1,3-4,7-15H,2,5-6,16-19H2;(H,3,4)(H,5,6). The summed E-state index contributed by atoms with van der Waals surface area (Å²) in [6.45, 7) is 2.49. The summed E-state index contributed by atoms with van der Waals surface area (Å²) in [4.78, 5) is 42.3. The minimum absolute atomic E-state index is 0.152. The van der Waals surface area contributed by atoms with E-state index in [-0.39, 0.29) is 5.91 Å². The minimum atomic E-state index is -1.82. The Hall–Kier alpha value is -4.18. The van der Waals surface area contributed by atoms with Gasteiger partial charge in [-0.2, -0.15) is 0 Å². The van der Waals surface area contributed by atoms with Crippen LogP contribution in [0.4, 0.5) is 0 Å². The molecule has 0 saturated carbocycles. The number of likely N-dealkylation sites (tertiary alicyclic amines) is 1. The normalized spacial score (nSPS) is 13.0. The fourth-order valence-electron chi connectivity index (χ4n) is 4.13. The van der Waals surface area contributed by atoms with Gasteiger partial charge in [0.25, 0.3) is 5.91 Å². The summed E-state index contributed by atoms with van der Waals surface area (Å²) >= 11 is 1.70. The van der Waals surface area contributed by atoms with Gasteiger partial charge in [0.1, 0.15) is 5.52 Å². The number of aliphatic carboxylic acids is 2. The van der Waals surface area contributed by atoms with Gasteiger partial charge in [-0.25, -0.2) is 19.6 Å². The zero-order chi connectivity index (χ0) is 26.9. The molecule has 1 saturated heterocycles. The second-order valence-corrected chi connectivity index (χ2v) is 9.70. The first-order valence-electron chi connectivity index (χ1n) is 12.2. The molecule has 5 rings (SSSR count). The van der Waals surface area contributed by atoms with Gasteiger partial charge in [-0.1, -0.05) is 54.2 Å². The minimum Gasteiger partial charge on any atom is -0.473 e. The number of nitrogens with zero attached hydrogens (tertiary/aromatic N) is 4. The number of carboxylic acid groups (broad SMARTS) is 2. The molecule has 2 aromatic carbocycles. The first-order chi connectivity index (χ1) is 18.4. The molecule has 38 heavy (non-hydrogen) atoms. The molecule has 0 spiro atoms. The number of carbonyl (C=O) groups is 3. The van der Waals surface area contributed by atoms with Crippen molar-refractivity contribution in [2.75, 3.05) is 13.1 Å². The molecule has 196 valence electrons. The summed E-state index contributed by atoms with van der Waals surface area (Å²) in [6, 6.07) is 22.4. The number of benzene rings is 2. The molecule has 0 atom stereocenters. The number of amides is 1. The van der Waals surface area contributed by atoms with Crippen molar-refractivity contribution in [3.63, 3.8) is 0 Å². The molecule has 10 heteroatoms. The predicted octanol–water partition coefficient (Wildman–Crippen LogP) is 4.55. The van der Waals surface area contributed by atoms with Crippen LogP contribution in [0.5, 0.6) is 0 Å². The van der Waals surface area contributed by atoms with E-state index in [1.807, 2.05) is 41.4 Å². The number of carboxylic acids is 2. The maximum Gasteiger partial charge on any atom is 0.414 e. The van der Waals surface area contributed by atoms with Crippen molar-refractivity contribution in [1.82, 2.24) is 19.4 Å². The molecule has 1 aliphatic rings. The van der Waals surface area contributed by atoms with Gasteiger partial charge >= 0.3 is 11.9 Å². The lowest BCUT2D eigenvalue weighted by Gasteiger charge is -2.26. The lowest BCUT2D eigenvalue weighted by Crippen LogP contribution is -2.35. The first-order valence-corrected chi connectivity index (χ1v) is 13.2. The summed E-state index contributed by atoms with van der Waals surface area (Å²) in [5.74, 6) is -2.71. The van der Waals surface area contributed by atoms with Crippen molar-refractivity contribution in [3.8, 4) is 0 Å². The average molecular weight is 533 g/mol. The van der Waals surface area contributed by atoms with Gasteiger partial charge in [0.15, 0.2) is 10.8 Å². The van der Waals surface area contributed by atoms with E-state index in [9.17, 15) is 4.79 Å². The van der Waals surface area contributed by atoms with E-state index >= 15 is 0 Å². The Kier molecular flexibility index (Phi) is 9.10. The lowest BCUT2D eigenvalue weighted by atomic mass is 10.1. The summed E-state index contributed by atoms with van der Waals surface area (Å²) in [5.41, 5.74) is 4.99. The third-order valence-corrected chi connectivity index (χ3v) is 7.09. The van der Waals surface area contributed by atoms with E-state index in [4.69, 9.17) is 24.8 Å². The van der Waals surface area contributed by atoms with Gasteiger partial charge in [-0.3, -0.25) is 9.36 Å². The van der Waals surface area contributed by atoms with E-state index in [0.717, 1.165) is 60.1 Å². The molecule has 0 aliphatic carbocycles. The second-order valence-electron chi connectivity index (χ2n) is 8.76. The smallest absolute Gasteiger partial charge is 0.414 e. The van der Waals surface area contributed by atoms with Gasteiger partial charge in [0.05, 0.1) is 6.54 Å². The zero-order valence-electron chi connectivity index (χ0n) is 20.7. The highest BCUT2D eigenvalue weighted by atomic mass is 32.2. The van der Waals surface area contributed by atoms with Crippen LogP contribution in [0.1, 0.15) is 40.7 Å². The van der Waals surface area contributed by atoms with Crippen LogP contribution in [0.2, 0.25) is 0 Å². The Bertz CT molecular complexity index is 1390. The molecular formula is C28H28N4O5S. The molecule has 1 fully saturated rings. The predicted molar refractivity (Wildman–Crippen MR) is 144 cm³/mol. The van der Waals surface area contributed by atoms with Crippen LogP contribution >= 0.6 is 11.8 Å². The van der Waals surface area contributed by atoms with Gasteiger partial charge in [0, 0.05) is 30.6 Å². The summed E-state index contributed by atoms with van der Waals surface area (Å²) in [5, 5.41) is 15.7. The summed E-state index contributed by atoms with van der Waals surface area (Å²) < 4.78 is 2.18. The molecule has 1 amide bonds. The molecule has 0 bridgehead atoms. The molecule has 9 nitrogen and oxygen atoms in total. The van der Waals surface area contributed by atoms with Gasteiger partial charge < -0.3 is 15.1 Å². The molecule has 0 unspecified atom stereocenters. The molecule has 1 aliphatic heterocycles. The molecular weight excluding hydrogens is 504 g/mol. The van der Waals surface area contributed by atoms with Crippen LogP contribution in [0, 0.1) is 0 Å². The fourth-order valence-corrected chi connectivity index (χ4v) is 5.09. The Morgan fingerprint density at radius 3 is 2.16 bits per heavy atom. The van der Waals surface area contributed by atoms with E-state index in [1.165, 1.54) is 17.5 Å². The third kappa shape index (κ3) is 6.98. The van der Waals surface area contributed by atoms with Crippen molar-refractivity contribution in [3.05, 3.63) is 89.6 Å². The van der Waals surface area contributed by atoms with Gasteiger partial charge in [0.2, 0.25) is 0 Å². The topological polar surface area (TPSA) is 126 Å². The second kappa shape index (κ2) is 12.9. The van der Waals surface area contributed by atoms with Crippen LogP contribution in [0.15, 0.2) is 78.1 Å². The Labute approximate surface area is 224 Å². The number of rotatable bonds is 6. The Balaban J connectivity index is 0.000000505. The summed E-state index contributed by atoms with van der Waals surface area (Å²) in [6.07, 6.45) is 5.27. The highest BCUT2D eigenvalue weighted by Gasteiger charge is 2.18. The van der Waals surface area contributed by atoms with Crippen molar-refractivity contribution in [1.29, 1.82) is 0 Å². The van der Waals surface area contributed by atoms with Gasteiger partial charge in [-0.05, 0) is 54.7 Å². The van der Waals surface area contributed by atoms with Crippen molar-refractivity contribution in [2.24, 2.45) is 0 Å². The summed E-state index contributed by atoms with van der Waals surface area (Å²) in [7, 11) is 0. The number of hydrogen-bond donors (Lipinski definition) is 2. The lowest BCUT2D eigenvalue weighted by molar-refractivity contribution is -0.159. The van der Waals surface area contributed by atoms with E-state index < -0.39 is 11.9 Å². The van der Waals surface area contributed by atoms with Crippen LogP contribution in [-0.4, -0.2) is 60.6 Å². The Morgan fingerprint density at radius 1 is 0.816 bits per heavy atom. The third-order valence-electron chi connectivity index (χ3n) is 6.05. The number of imidazole rings is 1. The maximum absolute atomic E-state index is 12.7. The molecule has 4 aromatic rings. The van der Waals surface area contributed by atoms with Gasteiger partial charge in [-0.15, -0.1) is 0 Å². The molecule has 2 aromatic heterocycles. The maximum atomic E-state index is 12.7. The van der Waals surface area contributed by atoms with Crippen LogP contribution in [0.25, 0.3) is 11.2 Å². The van der Waals surface area contributed by atoms with Crippen molar-refractivity contribution in [2.45, 2.75) is 36.7 Å². The number of piperidine rings is 1. The number of carbonyl (C=O) groups excluding carboxylic acids is 1. The van der Waals surface area contributed by atoms with E-state index in [1.54, 1.807) is 11.8 Å². The average Bonchev–Trinajstić information content (AvgIpc) is 3.30. The molecule has 3 heterocycles. The molecule has 0 radical (unpaired) electrons. The van der Waals surface area contributed by atoms with Crippen molar-refractivity contribution < 1.29 is 24.6 Å². The fraction of sp³-hybridized carbons (Fsp3) is 0.250. The van der Waals surface area contributed by atoms with E-state index in [2.05, 4.69) is 45.9 Å². The first kappa shape index (κ1) is 26.9. The van der Waals surface area contributed by atoms with Crippen LogP contribution in [-0.2, 0) is 21.9 Å². The number of pyridine rings is 1. The van der Waals surface area contributed by atoms with Crippen LogP contribution < -0.4 is 0 Å².